The largest absolute Gasteiger partial charge is 0.232 e. The van der Waals surface area contributed by atoms with Gasteiger partial charge in [0.15, 0.2) is 17.5 Å². The number of fused-ring (bicyclic) bond motifs is 1. The Balaban J connectivity index is 1.08. The molecule has 51 heavy (non-hydrogen) atoms. The van der Waals surface area contributed by atoms with Crippen LogP contribution in [0, 0.1) is 0 Å². The van der Waals surface area contributed by atoms with Crippen molar-refractivity contribution in [3.05, 3.63) is 188 Å². The van der Waals surface area contributed by atoms with Gasteiger partial charge in [-0.3, -0.25) is 0 Å². The molecule has 0 aliphatic rings. The zero-order valence-corrected chi connectivity index (χ0v) is 27.6. The van der Waals surface area contributed by atoms with Gasteiger partial charge in [-0.25, -0.2) is 19.6 Å². The highest BCUT2D eigenvalue weighted by molar-refractivity contribution is 5.94. The van der Waals surface area contributed by atoms with Crippen LogP contribution in [0.15, 0.2) is 188 Å². The summed E-state index contributed by atoms with van der Waals surface area (Å²) in [7, 11) is 0. The Morgan fingerprint density at radius 2 is 0.725 bits per heavy atom. The molecule has 0 N–H and O–H groups in total. The highest BCUT2D eigenvalue weighted by atomic mass is 15.3. The first-order chi connectivity index (χ1) is 25.3. The number of hydrogen-bond acceptors (Lipinski definition) is 4. The third-order valence-corrected chi connectivity index (χ3v) is 9.07. The molecule has 5 heteroatoms. The molecule has 240 valence electrons. The van der Waals surface area contributed by atoms with Gasteiger partial charge >= 0.3 is 0 Å². The molecule has 0 bridgehead atoms. The lowest BCUT2D eigenvalue weighted by Gasteiger charge is -2.11. The van der Waals surface area contributed by atoms with Crippen molar-refractivity contribution < 1.29 is 0 Å². The first-order valence-electron chi connectivity index (χ1n) is 17.0. The Kier molecular flexibility index (Phi) is 7.76. The van der Waals surface area contributed by atoms with Crippen molar-refractivity contribution in [2.24, 2.45) is 0 Å². The lowest BCUT2D eigenvalue weighted by molar-refractivity contribution is 0.915. The average Bonchev–Trinajstić information content (AvgIpc) is 3.62. The summed E-state index contributed by atoms with van der Waals surface area (Å²) in [5.74, 6) is 1.93. The van der Waals surface area contributed by atoms with Gasteiger partial charge in [0.2, 0.25) is 0 Å². The molecule has 2 aromatic heterocycles. The molecule has 0 atom stereocenters. The van der Waals surface area contributed by atoms with Gasteiger partial charge in [0, 0.05) is 27.6 Å². The van der Waals surface area contributed by atoms with Crippen LogP contribution in [0.3, 0.4) is 0 Å². The third-order valence-electron chi connectivity index (χ3n) is 9.07. The van der Waals surface area contributed by atoms with Gasteiger partial charge < -0.3 is 0 Å². The highest BCUT2D eigenvalue weighted by Crippen LogP contribution is 2.33. The minimum Gasteiger partial charge on any atom is -0.232 e. The molecule has 9 aromatic rings. The maximum atomic E-state index is 5.12. The van der Waals surface area contributed by atoms with Crippen LogP contribution in [0.2, 0.25) is 0 Å². The minimum atomic E-state index is 0.634. The second-order valence-corrected chi connectivity index (χ2v) is 12.4. The molecule has 0 spiro atoms. The number of nitrogens with zero attached hydrogens (tertiary/aromatic N) is 5. The molecule has 7 aromatic carbocycles. The van der Waals surface area contributed by atoms with Crippen LogP contribution >= 0.6 is 0 Å². The van der Waals surface area contributed by atoms with Gasteiger partial charge in [-0.2, -0.15) is 5.10 Å². The van der Waals surface area contributed by atoms with E-state index in [0.29, 0.717) is 17.5 Å². The summed E-state index contributed by atoms with van der Waals surface area (Å²) < 4.78 is 2.05. The van der Waals surface area contributed by atoms with Gasteiger partial charge in [-0.1, -0.05) is 158 Å². The smallest absolute Gasteiger partial charge is 0.164 e. The summed E-state index contributed by atoms with van der Waals surface area (Å²) >= 11 is 0. The SMILES string of the molecule is c1ccc(-c2nc(-c3ccccc3)nc(-c3cccc(-c4cccc(-c5cccc(-n6nc(-c7ccccc7)c7ccccc76)c5)c4)c3)n2)cc1. The maximum Gasteiger partial charge on any atom is 0.164 e. The molecule has 0 unspecified atom stereocenters. The Hall–Kier alpha value is -6.98. The average molecular weight is 654 g/mol. The van der Waals surface area contributed by atoms with Crippen LogP contribution in [0.4, 0.5) is 0 Å². The molecular formula is C46H31N5. The number of para-hydroxylation sites is 1. The van der Waals surface area contributed by atoms with Gasteiger partial charge in [0.05, 0.1) is 11.2 Å². The van der Waals surface area contributed by atoms with Crippen LogP contribution < -0.4 is 0 Å². The maximum absolute atomic E-state index is 5.12. The van der Waals surface area contributed by atoms with E-state index in [2.05, 4.69) is 126 Å². The van der Waals surface area contributed by atoms with Crippen molar-refractivity contribution in [1.29, 1.82) is 0 Å². The van der Waals surface area contributed by atoms with E-state index in [1.807, 2.05) is 66.7 Å². The first kappa shape index (κ1) is 30.1. The Labute approximate surface area is 296 Å². The van der Waals surface area contributed by atoms with E-state index < -0.39 is 0 Å². The van der Waals surface area contributed by atoms with E-state index in [1.54, 1.807) is 0 Å². The Bertz CT molecular complexity index is 2570. The Morgan fingerprint density at radius 1 is 0.314 bits per heavy atom. The summed E-state index contributed by atoms with van der Waals surface area (Å²) in [5.41, 5.74) is 11.4. The predicted molar refractivity (Wildman–Crippen MR) is 207 cm³/mol. The van der Waals surface area contributed by atoms with Crippen LogP contribution in [0.1, 0.15) is 0 Å². The molecule has 0 aliphatic heterocycles. The molecule has 0 fully saturated rings. The fourth-order valence-corrected chi connectivity index (χ4v) is 6.54. The topological polar surface area (TPSA) is 56.5 Å². The van der Waals surface area contributed by atoms with E-state index >= 15 is 0 Å². The van der Waals surface area contributed by atoms with Crippen LogP contribution in [-0.2, 0) is 0 Å². The molecule has 0 saturated heterocycles. The van der Waals surface area contributed by atoms with E-state index in [0.717, 1.165) is 66.8 Å². The summed E-state index contributed by atoms with van der Waals surface area (Å²) in [5, 5.41) is 6.25. The second-order valence-electron chi connectivity index (χ2n) is 12.4. The van der Waals surface area contributed by atoms with Crippen LogP contribution in [0.5, 0.6) is 0 Å². The van der Waals surface area contributed by atoms with Gasteiger partial charge in [-0.05, 0) is 52.6 Å². The number of aromatic nitrogens is 5. The number of rotatable bonds is 7. The fraction of sp³-hybridized carbons (Fsp3) is 0. The lowest BCUT2D eigenvalue weighted by atomic mass is 9.97. The van der Waals surface area contributed by atoms with Crippen molar-refractivity contribution in [2.45, 2.75) is 0 Å². The predicted octanol–water partition coefficient (Wildman–Crippen LogP) is 11.2. The second kappa shape index (κ2) is 13.1. The molecule has 0 radical (unpaired) electrons. The van der Waals surface area contributed by atoms with E-state index in [1.165, 1.54) is 0 Å². The molecule has 0 amide bonds. The lowest BCUT2D eigenvalue weighted by Crippen LogP contribution is -2.00. The van der Waals surface area contributed by atoms with Gasteiger partial charge in [0.1, 0.15) is 5.69 Å². The van der Waals surface area contributed by atoms with Crippen molar-refractivity contribution in [3.63, 3.8) is 0 Å². The molecule has 2 heterocycles. The molecule has 5 nitrogen and oxygen atoms in total. The zero-order valence-electron chi connectivity index (χ0n) is 27.6. The third kappa shape index (κ3) is 5.98. The number of hydrogen-bond donors (Lipinski definition) is 0. The summed E-state index contributed by atoms with van der Waals surface area (Å²) in [6, 6.07) is 64.6. The number of benzene rings is 7. The quantitative estimate of drug-likeness (QED) is 0.172. The molecule has 0 aliphatic carbocycles. The van der Waals surface area contributed by atoms with E-state index in [4.69, 9.17) is 20.1 Å². The molecule has 0 saturated carbocycles. The van der Waals surface area contributed by atoms with Crippen LogP contribution in [0.25, 0.3) is 84.3 Å². The van der Waals surface area contributed by atoms with Gasteiger partial charge in [-0.15, -0.1) is 0 Å². The van der Waals surface area contributed by atoms with Crippen molar-refractivity contribution in [2.75, 3.05) is 0 Å². The Morgan fingerprint density at radius 3 is 1.31 bits per heavy atom. The molecule has 9 rings (SSSR count). The first-order valence-corrected chi connectivity index (χ1v) is 17.0. The summed E-state index contributed by atoms with van der Waals surface area (Å²) in [6.45, 7) is 0. The zero-order chi connectivity index (χ0) is 34.0. The molecular weight excluding hydrogens is 623 g/mol. The minimum absolute atomic E-state index is 0.634. The van der Waals surface area contributed by atoms with E-state index in [-0.39, 0.29) is 0 Å². The normalized spacial score (nSPS) is 11.1. The van der Waals surface area contributed by atoms with Gasteiger partial charge in [0.25, 0.3) is 0 Å². The summed E-state index contributed by atoms with van der Waals surface area (Å²) in [4.78, 5) is 14.8. The summed E-state index contributed by atoms with van der Waals surface area (Å²) in [6.07, 6.45) is 0. The van der Waals surface area contributed by atoms with Crippen molar-refractivity contribution in [3.8, 4) is 73.4 Å². The van der Waals surface area contributed by atoms with Crippen molar-refractivity contribution in [1.82, 2.24) is 24.7 Å². The van der Waals surface area contributed by atoms with Crippen molar-refractivity contribution >= 4 is 10.9 Å². The van der Waals surface area contributed by atoms with E-state index in [9.17, 15) is 0 Å². The monoisotopic (exact) mass is 653 g/mol. The standard InChI is InChI=1S/C46H31N5/c1-4-15-32(16-5-1)43-41-27-10-11-28-42(41)51(50-43)40-26-14-24-38(31-40)36-22-12-21-35(29-36)37-23-13-25-39(30-37)46-48-44(33-17-6-2-7-18-33)47-45(49-46)34-19-8-3-9-20-34/h1-31H. The fourth-order valence-electron chi connectivity index (χ4n) is 6.54. The highest BCUT2D eigenvalue weighted by Gasteiger charge is 2.15. The van der Waals surface area contributed by atoms with Crippen LogP contribution in [-0.4, -0.2) is 24.7 Å².